The highest BCUT2D eigenvalue weighted by atomic mass is 32.2. The maximum absolute atomic E-state index is 12.1. The normalized spacial score (nSPS) is 14.8. The second-order valence-corrected chi connectivity index (χ2v) is 9.10. The predicted molar refractivity (Wildman–Crippen MR) is 105 cm³/mol. The fourth-order valence-corrected chi connectivity index (χ4v) is 5.13. The Kier molecular flexibility index (Phi) is 6.48. The van der Waals surface area contributed by atoms with Gasteiger partial charge in [-0.25, -0.2) is 0 Å². The molecule has 0 unspecified atom stereocenters. The monoisotopic (exact) mass is 375 g/mol. The number of anilines is 1. The predicted octanol–water partition coefficient (Wildman–Crippen LogP) is 5.36. The highest BCUT2D eigenvalue weighted by Gasteiger charge is 2.17. The van der Waals surface area contributed by atoms with E-state index >= 15 is 0 Å². The zero-order valence-electron chi connectivity index (χ0n) is 14.9. The van der Waals surface area contributed by atoms with E-state index in [1.54, 1.807) is 11.8 Å². The van der Waals surface area contributed by atoms with Crippen molar-refractivity contribution in [1.29, 1.82) is 0 Å². The first-order valence-electron chi connectivity index (χ1n) is 8.92. The molecule has 1 heterocycles. The van der Waals surface area contributed by atoms with Crippen molar-refractivity contribution in [3.63, 3.8) is 0 Å². The van der Waals surface area contributed by atoms with Crippen LogP contribution in [0.4, 0.5) is 5.13 Å². The largest absolute Gasteiger partial charge is 0.301 e. The fourth-order valence-electron chi connectivity index (χ4n) is 3.43. The lowest BCUT2D eigenvalue weighted by Gasteiger charge is -2.07. The first-order chi connectivity index (χ1) is 12.1. The van der Waals surface area contributed by atoms with Crippen molar-refractivity contribution in [3.8, 4) is 0 Å². The molecule has 0 bridgehead atoms. The number of nitrogens with one attached hydrogen (secondary N) is 1. The van der Waals surface area contributed by atoms with E-state index in [0.717, 1.165) is 22.4 Å². The Morgan fingerprint density at radius 2 is 1.92 bits per heavy atom. The number of hydrogen-bond acceptors (Lipinski definition) is 5. The van der Waals surface area contributed by atoms with Crippen LogP contribution in [0.3, 0.4) is 0 Å². The van der Waals surface area contributed by atoms with Gasteiger partial charge in [0, 0.05) is 12.2 Å². The molecule has 134 valence electrons. The molecule has 1 N–H and O–H groups in total. The number of amides is 1. The molecule has 1 amide bonds. The summed E-state index contributed by atoms with van der Waals surface area (Å²) in [6, 6.07) is 6.58. The maximum atomic E-state index is 12.1. The van der Waals surface area contributed by atoms with E-state index < -0.39 is 0 Å². The topological polar surface area (TPSA) is 54.9 Å². The number of nitrogens with zero attached hydrogens (tertiary/aromatic N) is 2. The Hall–Kier alpha value is -1.40. The molecule has 1 aliphatic rings. The second-order valence-electron chi connectivity index (χ2n) is 6.90. The zero-order chi connectivity index (χ0) is 17.6. The minimum atomic E-state index is 0.0638. The Morgan fingerprint density at radius 3 is 2.64 bits per heavy atom. The molecule has 25 heavy (non-hydrogen) atoms. The minimum absolute atomic E-state index is 0.0638. The van der Waals surface area contributed by atoms with Gasteiger partial charge in [-0.3, -0.25) is 4.79 Å². The Morgan fingerprint density at radius 1 is 1.20 bits per heavy atom. The molecule has 1 fully saturated rings. The first kappa shape index (κ1) is 18.4. The number of carbonyl (C=O) groups excluding carboxylic acids is 1. The first-order valence-corrected chi connectivity index (χ1v) is 10.7. The van der Waals surface area contributed by atoms with Gasteiger partial charge in [0.05, 0.1) is 0 Å². The van der Waals surface area contributed by atoms with Gasteiger partial charge in [-0.1, -0.05) is 78.1 Å². The lowest BCUT2D eigenvalue weighted by atomic mass is 10.0. The molecular formula is C19H25N3OS2. The lowest BCUT2D eigenvalue weighted by molar-refractivity contribution is -0.116. The molecule has 3 rings (SSSR count). The van der Waals surface area contributed by atoms with Crippen molar-refractivity contribution in [3.05, 3.63) is 34.9 Å². The van der Waals surface area contributed by atoms with Crippen LogP contribution in [-0.2, 0) is 10.5 Å². The van der Waals surface area contributed by atoms with Gasteiger partial charge in [-0.15, -0.1) is 10.2 Å². The Balaban J connectivity index is 1.45. The summed E-state index contributed by atoms with van der Waals surface area (Å²) in [5.41, 5.74) is 3.85. The smallest absolute Gasteiger partial charge is 0.226 e. The van der Waals surface area contributed by atoms with E-state index in [-0.39, 0.29) is 5.91 Å². The molecule has 1 saturated carbocycles. The van der Waals surface area contributed by atoms with Gasteiger partial charge in [0.1, 0.15) is 0 Å². The van der Waals surface area contributed by atoms with Gasteiger partial charge >= 0.3 is 0 Å². The molecular weight excluding hydrogens is 350 g/mol. The third-order valence-corrected chi connectivity index (χ3v) is 6.59. The highest BCUT2D eigenvalue weighted by Crippen LogP contribution is 2.30. The lowest BCUT2D eigenvalue weighted by Crippen LogP contribution is -2.12. The maximum Gasteiger partial charge on any atom is 0.226 e. The van der Waals surface area contributed by atoms with Gasteiger partial charge < -0.3 is 5.32 Å². The van der Waals surface area contributed by atoms with Crippen LogP contribution in [0.25, 0.3) is 0 Å². The van der Waals surface area contributed by atoms with E-state index in [1.165, 1.54) is 53.7 Å². The molecule has 6 heteroatoms. The number of aryl methyl sites for hydroxylation is 2. The summed E-state index contributed by atoms with van der Waals surface area (Å²) in [4.78, 5) is 12.1. The average molecular weight is 376 g/mol. The molecule has 0 atom stereocenters. The average Bonchev–Trinajstić information content (AvgIpc) is 3.22. The van der Waals surface area contributed by atoms with E-state index in [0.29, 0.717) is 11.6 Å². The molecule has 0 aliphatic heterocycles. The standard InChI is InChI=1S/C19H25N3OS2/c1-13-9-14(2)11-16(10-13)12-24-19-22-21-18(25-19)20-17(23)8-7-15-5-3-4-6-15/h9-11,15H,3-8,12H2,1-2H3,(H,20,21,23). The van der Waals surface area contributed by atoms with E-state index in [9.17, 15) is 4.79 Å². The summed E-state index contributed by atoms with van der Waals surface area (Å²) < 4.78 is 0.894. The van der Waals surface area contributed by atoms with Gasteiger partial charge in [0.15, 0.2) is 4.34 Å². The van der Waals surface area contributed by atoms with Crippen LogP contribution in [0.15, 0.2) is 22.5 Å². The van der Waals surface area contributed by atoms with Crippen LogP contribution >= 0.6 is 23.1 Å². The van der Waals surface area contributed by atoms with E-state index in [2.05, 4.69) is 47.6 Å². The number of thioether (sulfide) groups is 1. The van der Waals surface area contributed by atoms with Crippen molar-refractivity contribution >= 4 is 34.1 Å². The summed E-state index contributed by atoms with van der Waals surface area (Å²) in [6.07, 6.45) is 6.80. The molecule has 2 aromatic rings. The van der Waals surface area contributed by atoms with Crippen LogP contribution in [0.1, 0.15) is 55.2 Å². The third-order valence-electron chi connectivity index (χ3n) is 4.55. The van der Waals surface area contributed by atoms with Gasteiger partial charge in [-0.2, -0.15) is 0 Å². The van der Waals surface area contributed by atoms with Crippen molar-refractivity contribution < 1.29 is 4.79 Å². The van der Waals surface area contributed by atoms with Crippen LogP contribution < -0.4 is 5.32 Å². The summed E-state index contributed by atoms with van der Waals surface area (Å²) in [5.74, 6) is 1.67. The zero-order valence-corrected chi connectivity index (χ0v) is 16.5. The van der Waals surface area contributed by atoms with Gasteiger partial charge in [0.25, 0.3) is 0 Å². The molecule has 4 nitrogen and oxygen atoms in total. The third kappa shape index (κ3) is 5.82. The van der Waals surface area contributed by atoms with Crippen LogP contribution in [0.2, 0.25) is 0 Å². The molecule has 0 saturated heterocycles. The summed E-state index contributed by atoms with van der Waals surface area (Å²) >= 11 is 3.12. The number of benzene rings is 1. The fraction of sp³-hybridized carbons (Fsp3) is 0.526. The number of rotatable bonds is 7. The molecule has 1 aromatic heterocycles. The number of hydrogen-bond donors (Lipinski definition) is 1. The van der Waals surface area contributed by atoms with Gasteiger partial charge in [0.2, 0.25) is 11.0 Å². The van der Waals surface area contributed by atoms with Crippen molar-refractivity contribution in [2.24, 2.45) is 5.92 Å². The molecule has 0 spiro atoms. The summed E-state index contributed by atoms with van der Waals surface area (Å²) in [7, 11) is 0. The van der Waals surface area contributed by atoms with E-state index in [4.69, 9.17) is 0 Å². The van der Waals surface area contributed by atoms with Gasteiger partial charge in [-0.05, 0) is 31.7 Å². The van der Waals surface area contributed by atoms with E-state index in [1.807, 2.05) is 0 Å². The molecule has 1 aromatic carbocycles. The molecule has 0 radical (unpaired) electrons. The number of aromatic nitrogens is 2. The Bertz CT molecular complexity index is 703. The Labute approximate surface area is 157 Å². The van der Waals surface area contributed by atoms with Crippen molar-refractivity contribution in [2.45, 2.75) is 62.5 Å². The molecule has 1 aliphatic carbocycles. The highest BCUT2D eigenvalue weighted by molar-refractivity contribution is 8.00. The van der Waals surface area contributed by atoms with Crippen molar-refractivity contribution in [2.75, 3.05) is 5.32 Å². The number of carbonyl (C=O) groups is 1. The minimum Gasteiger partial charge on any atom is -0.301 e. The summed E-state index contributed by atoms with van der Waals surface area (Å²) in [5, 5.41) is 11.8. The SMILES string of the molecule is Cc1cc(C)cc(CSc2nnc(NC(=O)CCC3CCCC3)s2)c1. The second kappa shape index (κ2) is 8.81. The summed E-state index contributed by atoms with van der Waals surface area (Å²) in [6.45, 7) is 4.23. The van der Waals surface area contributed by atoms with Crippen molar-refractivity contribution in [1.82, 2.24) is 10.2 Å². The van der Waals surface area contributed by atoms with Crippen LogP contribution in [-0.4, -0.2) is 16.1 Å². The van der Waals surface area contributed by atoms with Crippen LogP contribution in [0, 0.1) is 19.8 Å². The van der Waals surface area contributed by atoms with Crippen LogP contribution in [0.5, 0.6) is 0 Å². The quantitative estimate of drug-likeness (QED) is 0.523.